The van der Waals surface area contributed by atoms with Crippen LogP contribution in [0.15, 0.2) is 24.5 Å². The molecular weight excluding hydrogens is 253 g/mol. The summed E-state index contributed by atoms with van der Waals surface area (Å²) >= 11 is 0. The highest BCUT2D eigenvalue weighted by Gasteiger charge is 2.32. The van der Waals surface area contributed by atoms with Crippen LogP contribution in [0.25, 0.3) is 5.82 Å². The molecule has 0 aliphatic carbocycles. The molecule has 0 amide bonds. The number of hydrogen-bond acceptors (Lipinski definition) is 4. The van der Waals surface area contributed by atoms with Gasteiger partial charge in [-0.1, -0.05) is 0 Å². The van der Waals surface area contributed by atoms with E-state index in [-0.39, 0.29) is 11.4 Å². The number of carbonyl (C=O) groups is 1. The summed E-state index contributed by atoms with van der Waals surface area (Å²) in [7, 11) is 0. The summed E-state index contributed by atoms with van der Waals surface area (Å²) in [5.41, 5.74) is -1.23. The van der Waals surface area contributed by atoms with Gasteiger partial charge in [-0.25, -0.2) is 9.48 Å². The first-order chi connectivity index (χ1) is 8.38. The van der Waals surface area contributed by atoms with Crippen molar-refractivity contribution in [1.82, 2.24) is 20.0 Å². The topological polar surface area (TPSA) is 80.9 Å². The molecule has 0 aliphatic heterocycles. The van der Waals surface area contributed by atoms with Crippen LogP contribution < -0.4 is 0 Å². The number of nitrogens with zero attached hydrogens (tertiary/aromatic N) is 4. The minimum atomic E-state index is -4.57. The van der Waals surface area contributed by atoms with Gasteiger partial charge in [0.25, 0.3) is 0 Å². The lowest BCUT2D eigenvalue weighted by Crippen LogP contribution is -2.10. The molecule has 6 nitrogen and oxygen atoms in total. The fourth-order valence-corrected chi connectivity index (χ4v) is 1.16. The molecule has 2 heterocycles. The second-order valence-electron chi connectivity index (χ2n) is 3.25. The lowest BCUT2D eigenvalue weighted by molar-refractivity contribution is -0.141. The predicted octanol–water partition coefficient (Wildman–Crippen LogP) is 1.38. The summed E-state index contributed by atoms with van der Waals surface area (Å²) in [5, 5.41) is 18.6. The number of aromatic carboxylic acids is 1. The molecule has 0 saturated heterocycles. The Kier molecular flexibility index (Phi) is 2.73. The van der Waals surface area contributed by atoms with Crippen LogP contribution in [-0.4, -0.2) is 31.1 Å². The predicted molar refractivity (Wildman–Crippen MR) is 51.1 cm³/mol. The van der Waals surface area contributed by atoms with E-state index in [0.717, 1.165) is 29.2 Å². The van der Waals surface area contributed by atoms with Gasteiger partial charge in [0.05, 0.1) is 11.8 Å². The number of halogens is 3. The Morgan fingerprint density at radius 2 is 2.00 bits per heavy atom. The summed E-state index contributed by atoms with van der Waals surface area (Å²) in [6.07, 6.45) is -2.39. The van der Waals surface area contributed by atoms with Crippen molar-refractivity contribution < 1.29 is 23.1 Å². The van der Waals surface area contributed by atoms with Gasteiger partial charge in [-0.15, -0.1) is 10.2 Å². The summed E-state index contributed by atoms with van der Waals surface area (Å²) in [5.74, 6) is -1.20. The Bertz CT molecular complexity index is 576. The number of aromatic nitrogens is 4. The number of rotatable bonds is 2. The van der Waals surface area contributed by atoms with Crippen molar-refractivity contribution in [1.29, 1.82) is 0 Å². The lowest BCUT2D eigenvalue weighted by atomic mass is 10.3. The van der Waals surface area contributed by atoms with E-state index in [1.165, 1.54) is 0 Å². The molecule has 0 aromatic carbocycles. The Labute approximate surface area is 97.7 Å². The van der Waals surface area contributed by atoms with E-state index < -0.39 is 17.8 Å². The van der Waals surface area contributed by atoms with Crippen molar-refractivity contribution in [2.75, 3.05) is 0 Å². The third kappa shape index (κ3) is 2.29. The third-order valence-corrected chi connectivity index (χ3v) is 2.01. The van der Waals surface area contributed by atoms with Gasteiger partial charge in [-0.05, 0) is 12.1 Å². The lowest BCUT2D eigenvalue weighted by Gasteiger charge is -2.04. The normalized spacial score (nSPS) is 11.5. The SMILES string of the molecule is O=C(O)c1cnn(-c2ccc(C(F)(F)F)nn2)c1. The Balaban J connectivity index is 2.31. The first-order valence-electron chi connectivity index (χ1n) is 4.57. The van der Waals surface area contributed by atoms with Crippen LogP contribution in [0.3, 0.4) is 0 Å². The number of carboxylic acid groups (broad SMARTS) is 1. The van der Waals surface area contributed by atoms with E-state index in [1.807, 2.05) is 0 Å². The maximum atomic E-state index is 12.2. The smallest absolute Gasteiger partial charge is 0.435 e. The van der Waals surface area contributed by atoms with Crippen molar-refractivity contribution >= 4 is 5.97 Å². The maximum absolute atomic E-state index is 12.2. The molecule has 18 heavy (non-hydrogen) atoms. The zero-order valence-corrected chi connectivity index (χ0v) is 8.59. The summed E-state index contributed by atoms with van der Waals surface area (Å²) in [6, 6.07) is 1.79. The Hall–Kier alpha value is -2.45. The van der Waals surface area contributed by atoms with Crippen LogP contribution >= 0.6 is 0 Å². The van der Waals surface area contributed by atoms with E-state index in [9.17, 15) is 18.0 Å². The molecule has 1 N–H and O–H groups in total. The molecule has 0 atom stereocenters. The molecule has 0 radical (unpaired) electrons. The Morgan fingerprint density at radius 1 is 1.28 bits per heavy atom. The molecule has 9 heteroatoms. The molecule has 94 valence electrons. The molecule has 0 saturated carbocycles. The van der Waals surface area contributed by atoms with E-state index in [4.69, 9.17) is 5.11 Å². The fourth-order valence-electron chi connectivity index (χ4n) is 1.16. The minimum absolute atomic E-state index is 0.00417. The van der Waals surface area contributed by atoms with Crippen molar-refractivity contribution in [2.24, 2.45) is 0 Å². The second kappa shape index (κ2) is 4.09. The van der Waals surface area contributed by atoms with Gasteiger partial charge in [0.15, 0.2) is 11.5 Å². The third-order valence-electron chi connectivity index (χ3n) is 2.01. The molecule has 2 aromatic heterocycles. The number of carboxylic acids is 1. The second-order valence-corrected chi connectivity index (χ2v) is 3.25. The highest BCUT2D eigenvalue weighted by Crippen LogP contribution is 2.26. The van der Waals surface area contributed by atoms with E-state index in [1.54, 1.807) is 0 Å². The zero-order chi connectivity index (χ0) is 13.3. The van der Waals surface area contributed by atoms with Crippen LogP contribution in [0, 0.1) is 0 Å². The first-order valence-corrected chi connectivity index (χ1v) is 4.57. The Morgan fingerprint density at radius 3 is 2.44 bits per heavy atom. The van der Waals surface area contributed by atoms with Crippen molar-refractivity contribution in [3.05, 3.63) is 35.8 Å². The number of alkyl halides is 3. The molecule has 0 fully saturated rings. The quantitative estimate of drug-likeness (QED) is 0.880. The van der Waals surface area contributed by atoms with Crippen LogP contribution in [0.1, 0.15) is 16.1 Å². The molecule has 0 spiro atoms. The van der Waals surface area contributed by atoms with E-state index in [2.05, 4.69) is 15.3 Å². The molecule has 2 rings (SSSR count). The molecule has 0 unspecified atom stereocenters. The van der Waals surface area contributed by atoms with Gasteiger partial charge in [0.1, 0.15) is 0 Å². The summed E-state index contributed by atoms with van der Waals surface area (Å²) in [4.78, 5) is 10.6. The molecule has 0 bridgehead atoms. The largest absolute Gasteiger partial charge is 0.478 e. The fraction of sp³-hybridized carbons (Fsp3) is 0.111. The first kappa shape index (κ1) is 12.0. The minimum Gasteiger partial charge on any atom is -0.478 e. The van der Waals surface area contributed by atoms with Crippen LogP contribution in [0.4, 0.5) is 13.2 Å². The van der Waals surface area contributed by atoms with Gasteiger partial charge in [-0.2, -0.15) is 18.3 Å². The maximum Gasteiger partial charge on any atom is 0.435 e. The van der Waals surface area contributed by atoms with Gasteiger partial charge in [0, 0.05) is 6.20 Å². The molecule has 2 aromatic rings. The van der Waals surface area contributed by atoms with Crippen LogP contribution in [-0.2, 0) is 6.18 Å². The van der Waals surface area contributed by atoms with Gasteiger partial charge in [0.2, 0.25) is 0 Å². The standard InChI is InChI=1S/C9H5F3N4O2/c10-9(11,12)6-1-2-7(15-14-6)16-4-5(3-13-16)8(17)18/h1-4H,(H,17,18). The summed E-state index contributed by atoms with van der Waals surface area (Å²) in [6.45, 7) is 0. The van der Waals surface area contributed by atoms with E-state index >= 15 is 0 Å². The van der Waals surface area contributed by atoms with Crippen molar-refractivity contribution in [2.45, 2.75) is 6.18 Å². The van der Waals surface area contributed by atoms with Crippen LogP contribution in [0.5, 0.6) is 0 Å². The van der Waals surface area contributed by atoms with Crippen molar-refractivity contribution in [3.8, 4) is 5.82 Å². The average Bonchev–Trinajstić information content (AvgIpc) is 2.77. The zero-order valence-electron chi connectivity index (χ0n) is 8.59. The van der Waals surface area contributed by atoms with Crippen LogP contribution in [0.2, 0.25) is 0 Å². The van der Waals surface area contributed by atoms with Gasteiger partial charge >= 0.3 is 12.1 Å². The molecular formula is C9H5F3N4O2. The highest BCUT2D eigenvalue weighted by atomic mass is 19.4. The summed E-state index contributed by atoms with van der Waals surface area (Å²) < 4.78 is 37.7. The highest BCUT2D eigenvalue weighted by molar-refractivity contribution is 5.86. The van der Waals surface area contributed by atoms with Crippen molar-refractivity contribution in [3.63, 3.8) is 0 Å². The van der Waals surface area contributed by atoms with Gasteiger partial charge < -0.3 is 5.11 Å². The number of hydrogen-bond donors (Lipinski definition) is 1. The average molecular weight is 258 g/mol. The van der Waals surface area contributed by atoms with E-state index in [0.29, 0.717) is 0 Å². The van der Waals surface area contributed by atoms with Gasteiger partial charge in [-0.3, -0.25) is 0 Å². The monoisotopic (exact) mass is 258 g/mol. The molecule has 0 aliphatic rings.